The first-order valence-electron chi connectivity index (χ1n) is 3.83. The predicted octanol–water partition coefficient (Wildman–Crippen LogP) is 0.656. The van der Waals surface area contributed by atoms with Crippen molar-refractivity contribution in [3.63, 3.8) is 0 Å². The third-order valence-electron chi connectivity index (χ3n) is 1.62. The number of alkyl halides is 3. The zero-order chi connectivity index (χ0) is 11.9. The van der Waals surface area contributed by atoms with Crippen molar-refractivity contribution in [3.8, 4) is 0 Å². The van der Waals surface area contributed by atoms with Gasteiger partial charge in [-0.05, 0) is 13.8 Å². The lowest BCUT2D eigenvalue weighted by molar-refractivity contribution is -0.224. The van der Waals surface area contributed by atoms with Crippen molar-refractivity contribution in [3.05, 3.63) is 0 Å². The van der Waals surface area contributed by atoms with Crippen LogP contribution in [0.25, 0.3) is 0 Å². The van der Waals surface area contributed by atoms with E-state index in [0.29, 0.717) is 0 Å². The maximum atomic E-state index is 11.8. The van der Waals surface area contributed by atoms with Gasteiger partial charge in [-0.25, -0.2) is 4.79 Å². The normalized spacial score (nSPS) is 19.5. The molecular weight excluding hydrogens is 217 g/mol. The van der Waals surface area contributed by atoms with Gasteiger partial charge in [0.15, 0.2) is 0 Å². The smallest absolute Gasteiger partial charge is 0.323 e. The van der Waals surface area contributed by atoms with Crippen molar-refractivity contribution in [2.24, 2.45) is 4.99 Å². The van der Waals surface area contributed by atoms with Gasteiger partial charge >= 0.3 is 12.1 Å². The Kier molecular flexibility index (Phi) is 2.46. The first-order chi connectivity index (χ1) is 6.64. The van der Waals surface area contributed by atoms with Crippen molar-refractivity contribution < 1.29 is 27.6 Å². The minimum Gasteiger partial charge on any atom is -0.323 e. The molecule has 0 N–H and O–H groups in total. The van der Waals surface area contributed by atoms with Gasteiger partial charge in [-0.2, -0.15) is 13.2 Å². The highest BCUT2D eigenvalue weighted by Gasteiger charge is 2.46. The second-order valence-corrected chi connectivity index (χ2v) is 3.31. The van der Waals surface area contributed by atoms with E-state index in [4.69, 9.17) is 0 Å². The lowest BCUT2D eigenvalue weighted by Crippen LogP contribution is -2.41. The molecule has 1 heterocycles. The second-order valence-electron chi connectivity index (χ2n) is 3.31. The summed E-state index contributed by atoms with van der Waals surface area (Å²) < 4.78 is 35.3. The van der Waals surface area contributed by atoms with Gasteiger partial charge in [-0.15, -0.1) is 5.06 Å². The Balaban J connectivity index is 2.68. The van der Waals surface area contributed by atoms with Crippen LogP contribution in [-0.4, -0.2) is 35.0 Å². The van der Waals surface area contributed by atoms with Crippen molar-refractivity contribution >= 4 is 18.2 Å². The van der Waals surface area contributed by atoms with Crippen LogP contribution in [0.3, 0.4) is 0 Å². The molecule has 84 valence electrons. The number of carbonyl (C=O) groups is 2. The molecule has 0 radical (unpaired) electrons. The maximum Gasteiger partial charge on any atom is 0.493 e. The Bertz CT molecular complexity index is 335. The van der Waals surface area contributed by atoms with E-state index < -0.39 is 23.6 Å². The number of halogens is 3. The fraction of sp³-hybridized carbons (Fsp3) is 0.571. The number of amides is 1. The van der Waals surface area contributed by atoms with E-state index in [-0.39, 0.29) is 5.06 Å². The molecule has 1 rings (SSSR count). The highest BCUT2D eigenvalue weighted by molar-refractivity contribution is 5.99. The Morgan fingerprint density at radius 1 is 1.53 bits per heavy atom. The Morgan fingerprint density at radius 3 is 2.40 bits per heavy atom. The number of carbonyl (C=O) groups excluding carboxylic acids is 2. The molecule has 0 atom stereocenters. The standard InChI is InChI=1S/C7H7F3N2O3/c1-6(2)4(13)12(3-11-6)15-5(14)7(8,9)10/h3H,1-2H3. The zero-order valence-corrected chi connectivity index (χ0v) is 7.83. The first-order valence-corrected chi connectivity index (χ1v) is 3.83. The molecule has 0 aromatic heterocycles. The van der Waals surface area contributed by atoms with Gasteiger partial charge in [0.1, 0.15) is 11.9 Å². The van der Waals surface area contributed by atoms with E-state index in [1.54, 1.807) is 0 Å². The fourth-order valence-corrected chi connectivity index (χ4v) is 0.780. The molecule has 5 nitrogen and oxygen atoms in total. The summed E-state index contributed by atoms with van der Waals surface area (Å²) in [4.78, 5) is 29.0. The molecule has 1 amide bonds. The summed E-state index contributed by atoms with van der Waals surface area (Å²) in [5.41, 5.74) is -1.20. The molecule has 0 saturated carbocycles. The monoisotopic (exact) mass is 224 g/mol. The molecule has 0 bridgehead atoms. The largest absolute Gasteiger partial charge is 0.493 e. The molecule has 0 aliphatic carbocycles. The molecular formula is C7H7F3N2O3. The molecule has 1 aliphatic rings. The molecule has 8 heteroatoms. The van der Waals surface area contributed by atoms with Crippen LogP contribution in [0.15, 0.2) is 4.99 Å². The van der Waals surface area contributed by atoms with Crippen molar-refractivity contribution in [2.75, 3.05) is 0 Å². The zero-order valence-electron chi connectivity index (χ0n) is 7.83. The Labute approximate surface area is 82.5 Å². The molecule has 0 aromatic carbocycles. The van der Waals surface area contributed by atoms with Gasteiger partial charge < -0.3 is 4.84 Å². The quantitative estimate of drug-likeness (QED) is 0.657. The van der Waals surface area contributed by atoms with Crippen LogP contribution in [-0.2, 0) is 14.4 Å². The lowest BCUT2D eigenvalue weighted by atomic mass is 10.1. The highest BCUT2D eigenvalue weighted by atomic mass is 19.4. The van der Waals surface area contributed by atoms with Gasteiger partial charge in [-0.3, -0.25) is 9.79 Å². The van der Waals surface area contributed by atoms with Gasteiger partial charge in [0.05, 0.1) is 0 Å². The number of nitrogens with zero attached hydrogens (tertiary/aromatic N) is 2. The van der Waals surface area contributed by atoms with Crippen molar-refractivity contribution in [2.45, 2.75) is 25.6 Å². The van der Waals surface area contributed by atoms with Crippen LogP contribution < -0.4 is 0 Å². The van der Waals surface area contributed by atoms with Gasteiger partial charge in [0, 0.05) is 0 Å². The summed E-state index contributed by atoms with van der Waals surface area (Å²) in [7, 11) is 0. The third kappa shape index (κ3) is 2.25. The predicted molar refractivity (Wildman–Crippen MR) is 41.6 cm³/mol. The average molecular weight is 224 g/mol. The van der Waals surface area contributed by atoms with E-state index in [1.807, 2.05) is 0 Å². The fourth-order valence-electron chi connectivity index (χ4n) is 0.780. The molecule has 0 fully saturated rings. The number of aliphatic imine (C=N–C) groups is 1. The van der Waals surface area contributed by atoms with Gasteiger partial charge in [-0.1, -0.05) is 0 Å². The highest BCUT2D eigenvalue weighted by Crippen LogP contribution is 2.22. The lowest BCUT2D eigenvalue weighted by Gasteiger charge is -2.16. The van der Waals surface area contributed by atoms with Crippen LogP contribution in [0, 0.1) is 0 Å². The summed E-state index contributed by atoms with van der Waals surface area (Å²) in [6.45, 7) is 2.76. The Hall–Kier alpha value is -1.60. The first kappa shape index (κ1) is 11.5. The summed E-state index contributed by atoms with van der Waals surface area (Å²) in [6, 6.07) is 0. The average Bonchev–Trinajstić information content (AvgIpc) is 2.30. The van der Waals surface area contributed by atoms with E-state index in [0.717, 1.165) is 6.34 Å². The molecule has 0 spiro atoms. The van der Waals surface area contributed by atoms with Gasteiger partial charge in [0.2, 0.25) is 0 Å². The van der Waals surface area contributed by atoms with Crippen LogP contribution in [0.1, 0.15) is 13.8 Å². The summed E-state index contributed by atoms with van der Waals surface area (Å²) >= 11 is 0. The van der Waals surface area contributed by atoms with Crippen molar-refractivity contribution in [1.82, 2.24) is 5.06 Å². The van der Waals surface area contributed by atoms with Crippen LogP contribution >= 0.6 is 0 Å². The number of rotatable bonds is 1. The Morgan fingerprint density at radius 2 is 2.07 bits per heavy atom. The molecule has 0 aromatic rings. The SMILES string of the molecule is CC1(C)N=CN(OC(=O)C(F)(F)F)C1=O. The summed E-state index contributed by atoms with van der Waals surface area (Å²) in [5, 5.41) is 0.176. The van der Waals surface area contributed by atoms with Crippen LogP contribution in [0.4, 0.5) is 13.2 Å². The minimum atomic E-state index is -5.14. The van der Waals surface area contributed by atoms with E-state index in [2.05, 4.69) is 9.83 Å². The third-order valence-corrected chi connectivity index (χ3v) is 1.62. The summed E-state index contributed by atoms with van der Waals surface area (Å²) in [5.74, 6) is -3.29. The minimum absolute atomic E-state index is 0.176. The van der Waals surface area contributed by atoms with Crippen molar-refractivity contribution in [1.29, 1.82) is 0 Å². The molecule has 0 saturated heterocycles. The maximum absolute atomic E-state index is 11.8. The number of hydrogen-bond acceptors (Lipinski definition) is 4. The number of hydroxylamine groups is 2. The molecule has 0 unspecified atom stereocenters. The summed E-state index contributed by atoms with van der Waals surface area (Å²) in [6.07, 6.45) is -4.40. The number of hydrogen-bond donors (Lipinski definition) is 0. The second kappa shape index (κ2) is 3.21. The van der Waals surface area contributed by atoms with Gasteiger partial charge in [0.25, 0.3) is 5.91 Å². The molecule has 15 heavy (non-hydrogen) atoms. The van der Waals surface area contributed by atoms with Crippen LogP contribution in [0.5, 0.6) is 0 Å². The van der Waals surface area contributed by atoms with E-state index in [1.165, 1.54) is 13.8 Å². The molecule has 1 aliphatic heterocycles. The van der Waals surface area contributed by atoms with E-state index in [9.17, 15) is 22.8 Å². The topological polar surface area (TPSA) is 59.0 Å². The van der Waals surface area contributed by atoms with E-state index >= 15 is 0 Å². The van der Waals surface area contributed by atoms with Crippen LogP contribution in [0.2, 0.25) is 0 Å².